The maximum absolute atomic E-state index is 5.66. The molecule has 2 fully saturated rings. The molecule has 1 aliphatic heterocycles. The normalized spacial score (nSPS) is 31.7. The molecular weight excluding hydrogens is 242 g/mol. The number of thioether (sulfide) groups is 1. The van der Waals surface area contributed by atoms with E-state index in [1.165, 1.54) is 44.3 Å². The smallest absolute Gasteiger partial charge is 0.0666 e. The minimum absolute atomic E-state index is 0.462. The summed E-state index contributed by atoms with van der Waals surface area (Å²) >= 11 is 2.15. The maximum Gasteiger partial charge on any atom is 0.0666 e. The van der Waals surface area contributed by atoms with Crippen LogP contribution in [0, 0.1) is 5.92 Å². The van der Waals surface area contributed by atoms with Crippen molar-refractivity contribution in [2.75, 3.05) is 18.9 Å². The zero-order valence-electron chi connectivity index (χ0n) is 12.0. The van der Waals surface area contributed by atoms with E-state index in [1.807, 2.05) is 0 Å². The molecule has 1 saturated heterocycles. The van der Waals surface area contributed by atoms with E-state index in [9.17, 15) is 0 Å². The second-order valence-corrected chi connectivity index (χ2v) is 7.07. The molecule has 2 aliphatic rings. The van der Waals surface area contributed by atoms with Crippen LogP contribution in [0.1, 0.15) is 52.4 Å². The second-order valence-electron chi connectivity index (χ2n) is 5.80. The second kappa shape index (κ2) is 7.76. The Hall–Kier alpha value is 0.270. The van der Waals surface area contributed by atoms with Gasteiger partial charge in [-0.1, -0.05) is 26.2 Å². The minimum atomic E-state index is 0.462. The van der Waals surface area contributed by atoms with Gasteiger partial charge in [0.05, 0.1) is 6.10 Å². The third kappa shape index (κ3) is 4.14. The molecule has 0 aromatic heterocycles. The molecule has 18 heavy (non-hydrogen) atoms. The van der Waals surface area contributed by atoms with Crippen molar-refractivity contribution in [3.8, 4) is 0 Å². The average molecular weight is 271 g/mol. The molecule has 1 aliphatic carbocycles. The quantitative estimate of drug-likeness (QED) is 0.799. The summed E-state index contributed by atoms with van der Waals surface area (Å²) < 4.78 is 5.66. The molecule has 106 valence electrons. The van der Waals surface area contributed by atoms with Gasteiger partial charge >= 0.3 is 0 Å². The number of hydrogen-bond donors (Lipinski definition) is 1. The first kappa shape index (κ1) is 14.7. The van der Waals surface area contributed by atoms with Crippen LogP contribution in [0.25, 0.3) is 0 Å². The van der Waals surface area contributed by atoms with Gasteiger partial charge in [0.1, 0.15) is 0 Å². The number of rotatable bonds is 6. The molecule has 3 unspecified atom stereocenters. The van der Waals surface area contributed by atoms with Crippen LogP contribution in [0.4, 0.5) is 0 Å². The zero-order chi connectivity index (χ0) is 12.8. The molecule has 0 aromatic carbocycles. The first-order chi connectivity index (χ1) is 8.81. The molecule has 0 spiro atoms. The van der Waals surface area contributed by atoms with E-state index in [-0.39, 0.29) is 0 Å². The molecule has 2 rings (SSSR count). The van der Waals surface area contributed by atoms with Crippen LogP contribution < -0.4 is 5.32 Å². The summed E-state index contributed by atoms with van der Waals surface area (Å²) in [4.78, 5) is 0. The number of nitrogens with one attached hydrogen (secondary N) is 1. The summed E-state index contributed by atoms with van der Waals surface area (Å²) in [7, 11) is 0. The molecule has 1 heterocycles. The van der Waals surface area contributed by atoms with Gasteiger partial charge in [0, 0.05) is 23.7 Å². The largest absolute Gasteiger partial charge is 0.377 e. The Labute approximate surface area is 117 Å². The first-order valence-electron chi connectivity index (χ1n) is 7.78. The summed E-state index contributed by atoms with van der Waals surface area (Å²) in [5, 5.41) is 4.46. The van der Waals surface area contributed by atoms with Gasteiger partial charge in [-0.15, -0.1) is 0 Å². The minimum Gasteiger partial charge on any atom is -0.377 e. The fourth-order valence-electron chi connectivity index (χ4n) is 3.32. The molecule has 0 aromatic rings. The standard InChI is InChI=1S/C15H29NOS/c1-3-16-14(13-7-5-4-6-8-13)11-18-15-9-10-17-12(15)2/h12-16H,3-11H2,1-2H3. The third-order valence-corrected chi connectivity index (χ3v) is 6.08. The van der Waals surface area contributed by atoms with Crippen LogP contribution >= 0.6 is 11.8 Å². The van der Waals surface area contributed by atoms with Gasteiger partial charge in [-0.05, 0) is 38.6 Å². The van der Waals surface area contributed by atoms with Gasteiger partial charge in [-0.2, -0.15) is 11.8 Å². The predicted molar refractivity (Wildman–Crippen MR) is 80.3 cm³/mol. The van der Waals surface area contributed by atoms with E-state index in [0.717, 1.165) is 30.4 Å². The van der Waals surface area contributed by atoms with Gasteiger partial charge in [0.15, 0.2) is 0 Å². The number of hydrogen-bond acceptors (Lipinski definition) is 3. The van der Waals surface area contributed by atoms with E-state index in [1.54, 1.807) is 0 Å². The van der Waals surface area contributed by atoms with Gasteiger partial charge in [0.25, 0.3) is 0 Å². The Morgan fingerprint density at radius 1 is 1.22 bits per heavy atom. The topological polar surface area (TPSA) is 21.3 Å². The maximum atomic E-state index is 5.66. The average Bonchev–Trinajstić information content (AvgIpc) is 2.81. The fourth-order valence-corrected chi connectivity index (χ4v) is 4.78. The lowest BCUT2D eigenvalue weighted by atomic mass is 9.84. The van der Waals surface area contributed by atoms with Crippen LogP contribution in [-0.2, 0) is 4.74 Å². The number of ether oxygens (including phenoxy) is 1. The van der Waals surface area contributed by atoms with E-state index in [0.29, 0.717) is 6.10 Å². The molecule has 0 bridgehead atoms. The van der Waals surface area contributed by atoms with Crippen molar-refractivity contribution in [1.29, 1.82) is 0 Å². The van der Waals surface area contributed by atoms with Crippen molar-refractivity contribution >= 4 is 11.8 Å². The van der Waals surface area contributed by atoms with E-state index < -0.39 is 0 Å². The van der Waals surface area contributed by atoms with E-state index >= 15 is 0 Å². The van der Waals surface area contributed by atoms with Crippen molar-refractivity contribution in [2.24, 2.45) is 5.92 Å². The fraction of sp³-hybridized carbons (Fsp3) is 1.00. The molecule has 1 saturated carbocycles. The van der Waals surface area contributed by atoms with Gasteiger partial charge < -0.3 is 10.1 Å². The molecule has 1 N–H and O–H groups in total. The van der Waals surface area contributed by atoms with Crippen molar-refractivity contribution < 1.29 is 4.74 Å². The highest BCUT2D eigenvalue weighted by molar-refractivity contribution is 8.00. The SMILES string of the molecule is CCNC(CSC1CCOC1C)C1CCCCC1. The molecule has 3 atom stereocenters. The van der Waals surface area contributed by atoms with E-state index in [4.69, 9.17) is 4.74 Å². The van der Waals surface area contributed by atoms with Crippen LogP contribution in [0.5, 0.6) is 0 Å². The predicted octanol–water partition coefficient (Wildman–Crippen LogP) is 3.46. The lowest BCUT2D eigenvalue weighted by Gasteiger charge is -2.31. The van der Waals surface area contributed by atoms with Gasteiger partial charge in [0.2, 0.25) is 0 Å². The molecule has 0 amide bonds. The summed E-state index contributed by atoms with van der Waals surface area (Å²) in [6.07, 6.45) is 8.93. The Kier molecular flexibility index (Phi) is 6.33. The van der Waals surface area contributed by atoms with Gasteiger partial charge in [-0.25, -0.2) is 0 Å². The van der Waals surface area contributed by atoms with Crippen molar-refractivity contribution in [2.45, 2.75) is 69.8 Å². The molecule has 3 heteroatoms. The summed E-state index contributed by atoms with van der Waals surface area (Å²) in [6, 6.07) is 0.730. The monoisotopic (exact) mass is 271 g/mol. The van der Waals surface area contributed by atoms with Crippen LogP contribution in [0.3, 0.4) is 0 Å². The highest BCUT2D eigenvalue weighted by atomic mass is 32.2. The van der Waals surface area contributed by atoms with Crippen LogP contribution in [-0.4, -0.2) is 36.3 Å². The van der Waals surface area contributed by atoms with Crippen LogP contribution in [0.2, 0.25) is 0 Å². The highest BCUT2D eigenvalue weighted by Crippen LogP contribution is 2.31. The third-order valence-electron chi connectivity index (χ3n) is 4.48. The summed E-state index contributed by atoms with van der Waals surface area (Å²) in [5.74, 6) is 2.19. The first-order valence-corrected chi connectivity index (χ1v) is 8.82. The van der Waals surface area contributed by atoms with Crippen LogP contribution in [0.15, 0.2) is 0 Å². The summed E-state index contributed by atoms with van der Waals surface area (Å²) in [6.45, 7) is 6.54. The Morgan fingerprint density at radius 2 is 2.00 bits per heavy atom. The van der Waals surface area contributed by atoms with E-state index in [2.05, 4.69) is 30.9 Å². The lowest BCUT2D eigenvalue weighted by molar-refractivity contribution is 0.127. The van der Waals surface area contributed by atoms with Gasteiger partial charge in [-0.3, -0.25) is 0 Å². The van der Waals surface area contributed by atoms with Crippen molar-refractivity contribution in [1.82, 2.24) is 5.32 Å². The summed E-state index contributed by atoms with van der Waals surface area (Å²) in [5.41, 5.74) is 0. The lowest BCUT2D eigenvalue weighted by Crippen LogP contribution is -2.39. The molecule has 0 radical (unpaired) electrons. The van der Waals surface area contributed by atoms with Crippen molar-refractivity contribution in [3.05, 3.63) is 0 Å². The van der Waals surface area contributed by atoms with Crippen molar-refractivity contribution in [3.63, 3.8) is 0 Å². The zero-order valence-corrected chi connectivity index (χ0v) is 12.8. The molecular formula is C15H29NOS. The molecule has 2 nitrogen and oxygen atoms in total. The highest BCUT2D eigenvalue weighted by Gasteiger charge is 2.28. The Balaban J connectivity index is 1.77. The Bertz CT molecular complexity index is 231. The Morgan fingerprint density at radius 3 is 2.61 bits per heavy atom.